The molecule has 0 aliphatic carbocycles. The van der Waals surface area contributed by atoms with Gasteiger partial charge < -0.3 is 19.3 Å². The van der Waals surface area contributed by atoms with Crippen LogP contribution in [0.1, 0.15) is 6.42 Å². The Morgan fingerprint density at radius 1 is 1.44 bits per heavy atom. The first-order valence-electron chi connectivity index (χ1n) is 5.86. The standard InChI is InChI=1S/C11H19NO6/c1-15-10(14)8-7(6-13)18-12-5-4-11(16-2,17-3)9(8)12/h7-9,13H,4-6H2,1-3H3. The van der Waals surface area contributed by atoms with Gasteiger partial charge in [-0.1, -0.05) is 0 Å². The van der Waals surface area contributed by atoms with Crippen molar-refractivity contribution in [1.29, 1.82) is 0 Å². The highest BCUT2D eigenvalue weighted by Gasteiger charge is 2.62. The summed E-state index contributed by atoms with van der Waals surface area (Å²) in [5, 5.41) is 11.0. The van der Waals surface area contributed by atoms with Crippen LogP contribution in [-0.4, -0.2) is 68.6 Å². The molecule has 7 nitrogen and oxygen atoms in total. The average molecular weight is 261 g/mol. The van der Waals surface area contributed by atoms with Crippen molar-refractivity contribution in [2.45, 2.75) is 24.4 Å². The van der Waals surface area contributed by atoms with Gasteiger partial charge in [0, 0.05) is 27.2 Å². The number of hydrogen-bond donors (Lipinski definition) is 1. The topological polar surface area (TPSA) is 77.5 Å². The molecule has 3 unspecified atom stereocenters. The lowest BCUT2D eigenvalue weighted by Gasteiger charge is -2.33. The van der Waals surface area contributed by atoms with Crippen molar-refractivity contribution < 1.29 is 28.9 Å². The first-order chi connectivity index (χ1) is 8.63. The molecule has 2 saturated heterocycles. The molecule has 0 saturated carbocycles. The van der Waals surface area contributed by atoms with E-state index in [0.29, 0.717) is 13.0 Å². The highest BCUT2D eigenvalue weighted by Crippen LogP contribution is 2.43. The summed E-state index contributed by atoms with van der Waals surface area (Å²) in [6.45, 7) is 0.326. The van der Waals surface area contributed by atoms with Crippen LogP contribution in [0.25, 0.3) is 0 Å². The Morgan fingerprint density at radius 3 is 2.61 bits per heavy atom. The van der Waals surface area contributed by atoms with Gasteiger partial charge in [0.15, 0.2) is 5.79 Å². The molecule has 7 heteroatoms. The van der Waals surface area contributed by atoms with Crippen LogP contribution < -0.4 is 0 Å². The number of carbonyl (C=O) groups excluding carboxylic acids is 1. The van der Waals surface area contributed by atoms with Gasteiger partial charge in [-0.3, -0.25) is 9.63 Å². The van der Waals surface area contributed by atoms with Crippen LogP contribution >= 0.6 is 0 Å². The highest BCUT2D eigenvalue weighted by atomic mass is 16.7. The molecule has 2 fully saturated rings. The summed E-state index contributed by atoms with van der Waals surface area (Å²) in [6, 6.07) is -0.405. The second-order valence-corrected chi connectivity index (χ2v) is 4.43. The molecule has 2 aliphatic heterocycles. The van der Waals surface area contributed by atoms with E-state index >= 15 is 0 Å². The lowest BCUT2D eigenvalue weighted by molar-refractivity contribution is -0.238. The fourth-order valence-electron chi connectivity index (χ4n) is 2.88. The summed E-state index contributed by atoms with van der Waals surface area (Å²) in [4.78, 5) is 17.4. The third-order valence-electron chi connectivity index (χ3n) is 3.80. The molecule has 2 heterocycles. The van der Waals surface area contributed by atoms with E-state index in [1.54, 1.807) is 5.06 Å². The Kier molecular flexibility index (Phi) is 3.88. The molecule has 2 rings (SSSR count). The maximum absolute atomic E-state index is 11.9. The van der Waals surface area contributed by atoms with Crippen molar-refractivity contribution in [3.63, 3.8) is 0 Å². The Morgan fingerprint density at radius 2 is 2.11 bits per heavy atom. The Balaban J connectivity index is 2.31. The number of hydrogen-bond acceptors (Lipinski definition) is 7. The maximum Gasteiger partial charge on any atom is 0.313 e. The van der Waals surface area contributed by atoms with Gasteiger partial charge in [0.25, 0.3) is 0 Å². The number of ether oxygens (including phenoxy) is 3. The second kappa shape index (κ2) is 5.10. The number of fused-ring (bicyclic) bond motifs is 1. The predicted octanol–water partition coefficient (Wildman–Crippen LogP) is -0.855. The number of methoxy groups -OCH3 is 3. The Labute approximate surface area is 106 Å². The zero-order chi connectivity index (χ0) is 13.3. The number of nitrogens with zero attached hydrogens (tertiary/aromatic N) is 1. The third kappa shape index (κ3) is 1.83. The molecule has 3 atom stereocenters. The minimum atomic E-state index is -0.900. The number of hydroxylamine groups is 2. The summed E-state index contributed by atoms with van der Waals surface area (Å²) in [5.41, 5.74) is 0. The molecule has 0 amide bonds. The average Bonchev–Trinajstić information content (AvgIpc) is 2.94. The maximum atomic E-state index is 11.9. The molecule has 18 heavy (non-hydrogen) atoms. The number of aliphatic hydroxyl groups is 1. The van der Waals surface area contributed by atoms with Crippen molar-refractivity contribution in [3.05, 3.63) is 0 Å². The molecule has 104 valence electrons. The largest absolute Gasteiger partial charge is 0.469 e. The number of aliphatic hydroxyl groups excluding tert-OH is 1. The smallest absolute Gasteiger partial charge is 0.313 e. The quantitative estimate of drug-likeness (QED) is 0.521. The monoisotopic (exact) mass is 261 g/mol. The van der Waals surface area contributed by atoms with Crippen molar-refractivity contribution in [2.24, 2.45) is 5.92 Å². The van der Waals surface area contributed by atoms with Gasteiger partial charge in [-0.25, -0.2) is 0 Å². The van der Waals surface area contributed by atoms with Gasteiger partial charge in [0.2, 0.25) is 0 Å². The first kappa shape index (κ1) is 13.7. The van der Waals surface area contributed by atoms with Gasteiger partial charge in [-0.05, 0) is 0 Å². The summed E-state index contributed by atoms with van der Waals surface area (Å²) in [5.74, 6) is -1.95. The summed E-state index contributed by atoms with van der Waals surface area (Å²) in [7, 11) is 4.39. The fraction of sp³-hybridized carbons (Fsp3) is 0.909. The van der Waals surface area contributed by atoms with E-state index in [-0.39, 0.29) is 6.61 Å². The fourth-order valence-corrected chi connectivity index (χ4v) is 2.88. The Hall–Kier alpha value is -0.730. The van der Waals surface area contributed by atoms with E-state index in [4.69, 9.17) is 19.0 Å². The first-order valence-corrected chi connectivity index (χ1v) is 5.86. The van der Waals surface area contributed by atoms with E-state index in [0.717, 1.165) is 0 Å². The lowest BCUT2D eigenvalue weighted by atomic mass is 9.90. The van der Waals surface area contributed by atoms with Gasteiger partial charge in [0.1, 0.15) is 18.1 Å². The van der Waals surface area contributed by atoms with E-state index in [2.05, 4.69) is 0 Å². The van der Waals surface area contributed by atoms with Crippen molar-refractivity contribution >= 4 is 5.97 Å². The molecule has 2 aliphatic rings. The molecule has 1 N–H and O–H groups in total. The van der Waals surface area contributed by atoms with Crippen LogP contribution in [0.5, 0.6) is 0 Å². The predicted molar refractivity (Wildman–Crippen MR) is 59.3 cm³/mol. The second-order valence-electron chi connectivity index (χ2n) is 4.43. The number of carbonyl (C=O) groups is 1. The highest BCUT2D eigenvalue weighted by molar-refractivity contribution is 5.74. The third-order valence-corrected chi connectivity index (χ3v) is 3.80. The molecule has 0 spiro atoms. The lowest BCUT2D eigenvalue weighted by Crippen LogP contribution is -2.51. The molecule has 0 bridgehead atoms. The van der Waals surface area contributed by atoms with Crippen LogP contribution in [0.15, 0.2) is 0 Å². The summed E-state index contributed by atoms with van der Waals surface area (Å²) >= 11 is 0. The van der Waals surface area contributed by atoms with Crippen LogP contribution in [0, 0.1) is 5.92 Å². The van der Waals surface area contributed by atoms with E-state index in [1.165, 1.54) is 21.3 Å². The van der Waals surface area contributed by atoms with Crippen LogP contribution in [0.2, 0.25) is 0 Å². The van der Waals surface area contributed by atoms with Crippen LogP contribution in [0.3, 0.4) is 0 Å². The molecule has 0 radical (unpaired) electrons. The van der Waals surface area contributed by atoms with Crippen molar-refractivity contribution in [2.75, 3.05) is 34.5 Å². The van der Waals surface area contributed by atoms with E-state index < -0.39 is 29.8 Å². The van der Waals surface area contributed by atoms with Crippen LogP contribution in [0.4, 0.5) is 0 Å². The minimum Gasteiger partial charge on any atom is -0.469 e. The molecular weight excluding hydrogens is 242 g/mol. The summed E-state index contributed by atoms with van der Waals surface area (Å²) in [6.07, 6.45) is -0.0246. The van der Waals surface area contributed by atoms with Gasteiger partial charge in [-0.2, -0.15) is 5.06 Å². The van der Waals surface area contributed by atoms with Gasteiger partial charge in [-0.15, -0.1) is 0 Å². The summed E-state index contributed by atoms with van der Waals surface area (Å²) < 4.78 is 15.7. The molecule has 0 aromatic rings. The van der Waals surface area contributed by atoms with Crippen LogP contribution in [-0.2, 0) is 23.8 Å². The van der Waals surface area contributed by atoms with Crippen molar-refractivity contribution in [1.82, 2.24) is 5.06 Å². The number of esters is 1. The van der Waals surface area contributed by atoms with Gasteiger partial charge >= 0.3 is 5.97 Å². The zero-order valence-electron chi connectivity index (χ0n) is 10.8. The molecular formula is C11H19NO6. The SMILES string of the molecule is COC(=O)C1C(CO)ON2CCC(OC)(OC)C12. The zero-order valence-corrected chi connectivity index (χ0v) is 10.8. The minimum absolute atomic E-state index is 0.254. The normalized spacial score (nSPS) is 34.6. The van der Waals surface area contributed by atoms with E-state index in [1.807, 2.05) is 0 Å². The molecule has 0 aromatic heterocycles. The van der Waals surface area contributed by atoms with Gasteiger partial charge in [0.05, 0.1) is 13.7 Å². The number of rotatable bonds is 4. The molecule has 0 aromatic carbocycles. The van der Waals surface area contributed by atoms with Crippen molar-refractivity contribution in [3.8, 4) is 0 Å². The Bertz CT molecular complexity index is 319. The van der Waals surface area contributed by atoms with E-state index in [9.17, 15) is 9.90 Å².